The largest absolute Gasteiger partial charge is 0.497 e. The van der Waals surface area contributed by atoms with Gasteiger partial charge in [0.2, 0.25) is 11.8 Å². The molecule has 0 fully saturated rings. The molecule has 2 aromatic heterocycles. The van der Waals surface area contributed by atoms with Crippen molar-refractivity contribution >= 4 is 17.4 Å². The lowest BCUT2D eigenvalue weighted by molar-refractivity contribution is 0.378. The molecule has 9 heteroatoms. The first-order valence-electron chi connectivity index (χ1n) is 10.3. The van der Waals surface area contributed by atoms with Crippen molar-refractivity contribution in [2.24, 2.45) is 0 Å². The summed E-state index contributed by atoms with van der Waals surface area (Å²) in [5.41, 5.74) is 1.79. The molecule has 4 aromatic rings. The molecular weight excluding hydrogens is 424 g/mol. The van der Waals surface area contributed by atoms with E-state index >= 15 is 0 Å². The summed E-state index contributed by atoms with van der Waals surface area (Å²) in [4.78, 5) is 0. The molecule has 0 amide bonds. The molecule has 0 aliphatic heterocycles. The lowest BCUT2D eigenvalue weighted by Crippen LogP contribution is -2.11. The quantitative estimate of drug-likeness (QED) is 0.381. The van der Waals surface area contributed by atoms with E-state index in [2.05, 4.69) is 25.7 Å². The van der Waals surface area contributed by atoms with Crippen LogP contribution >= 0.6 is 11.8 Å². The van der Waals surface area contributed by atoms with Gasteiger partial charge < -0.3 is 14.5 Å². The van der Waals surface area contributed by atoms with E-state index in [4.69, 9.17) is 9.15 Å². The highest BCUT2D eigenvalue weighted by molar-refractivity contribution is 7.98. The summed E-state index contributed by atoms with van der Waals surface area (Å²) < 4.78 is 13.1. The second kappa shape index (κ2) is 9.44. The highest BCUT2D eigenvalue weighted by Gasteiger charge is 2.22. The van der Waals surface area contributed by atoms with Crippen molar-refractivity contribution < 1.29 is 9.15 Å². The van der Waals surface area contributed by atoms with E-state index in [0.717, 1.165) is 28.1 Å². The van der Waals surface area contributed by atoms with Crippen LogP contribution in [-0.2, 0) is 17.7 Å². The zero-order valence-corrected chi connectivity index (χ0v) is 19.4. The van der Waals surface area contributed by atoms with Crippen molar-refractivity contribution in [3.63, 3.8) is 0 Å². The number of nitrogens with zero attached hydrogens (tertiary/aromatic N) is 5. The zero-order chi connectivity index (χ0) is 22.6. The minimum atomic E-state index is -0.180. The second-order valence-corrected chi connectivity index (χ2v) is 9.13. The minimum absolute atomic E-state index is 0.180. The van der Waals surface area contributed by atoms with Crippen molar-refractivity contribution in [1.29, 1.82) is 0 Å². The predicted molar refractivity (Wildman–Crippen MR) is 124 cm³/mol. The maximum Gasteiger partial charge on any atom is 0.226 e. The van der Waals surface area contributed by atoms with Crippen LogP contribution in [0.15, 0.2) is 64.2 Å². The van der Waals surface area contributed by atoms with E-state index in [1.54, 1.807) is 7.11 Å². The number of aromatic nitrogens is 5. The molecule has 0 atom stereocenters. The second-order valence-electron chi connectivity index (χ2n) is 8.19. The number of thioether (sulfide) groups is 1. The Labute approximate surface area is 191 Å². The van der Waals surface area contributed by atoms with Gasteiger partial charge in [0.1, 0.15) is 5.75 Å². The molecule has 0 spiro atoms. The molecule has 8 nitrogen and oxygen atoms in total. The summed E-state index contributed by atoms with van der Waals surface area (Å²) in [5, 5.41) is 21.4. The molecule has 0 bridgehead atoms. The summed E-state index contributed by atoms with van der Waals surface area (Å²) in [7, 11) is 1.65. The molecule has 4 rings (SSSR count). The van der Waals surface area contributed by atoms with Crippen LogP contribution in [0.2, 0.25) is 0 Å². The zero-order valence-electron chi connectivity index (χ0n) is 18.6. The number of ether oxygens (including phenoxy) is 1. The number of rotatable bonds is 8. The average Bonchev–Trinajstić information content (AvgIpc) is 3.44. The first-order valence-corrected chi connectivity index (χ1v) is 11.3. The van der Waals surface area contributed by atoms with E-state index < -0.39 is 0 Å². The molecule has 1 N–H and O–H groups in total. The fourth-order valence-corrected chi connectivity index (χ4v) is 3.78. The monoisotopic (exact) mass is 450 g/mol. The van der Waals surface area contributed by atoms with Gasteiger partial charge in [-0.05, 0) is 36.4 Å². The van der Waals surface area contributed by atoms with Crippen LogP contribution in [0.4, 0.5) is 5.69 Å². The van der Waals surface area contributed by atoms with Crippen molar-refractivity contribution in [2.75, 3.05) is 12.4 Å². The van der Waals surface area contributed by atoms with Crippen LogP contribution in [0.25, 0.3) is 5.69 Å². The first-order chi connectivity index (χ1) is 15.4. The van der Waals surface area contributed by atoms with Crippen LogP contribution < -0.4 is 10.1 Å². The fourth-order valence-electron chi connectivity index (χ4n) is 2.98. The summed E-state index contributed by atoms with van der Waals surface area (Å²) in [6.45, 7) is 6.66. The van der Waals surface area contributed by atoms with Gasteiger partial charge in [-0.25, -0.2) is 0 Å². The highest BCUT2D eigenvalue weighted by atomic mass is 32.2. The van der Waals surface area contributed by atoms with Crippen LogP contribution in [0.1, 0.15) is 38.4 Å². The Morgan fingerprint density at radius 3 is 2.38 bits per heavy atom. The van der Waals surface area contributed by atoms with Gasteiger partial charge >= 0.3 is 0 Å². The molecule has 166 valence electrons. The Morgan fingerprint density at radius 1 is 0.969 bits per heavy atom. The Balaban J connectivity index is 1.53. The van der Waals surface area contributed by atoms with Gasteiger partial charge in [-0.2, -0.15) is 0 Å². The molecule has 0 aliphatic carbocycles. The lowest BCUT2D eigenvalue weighted by atomic mass is 9.97. The fraction of sp³-hybridized carbons (Fsp3) is 0.304. The standard InChI is InChI=1S/C23H26N6O2S/c1-23(2,3)21-27-26-20(31-21)15-32-22-28-25-19(29(22)17-8-6-5-7-9-17)14-24-16-10-12-18(30-4)13-11-16/h5-13,24H,14-15H2,1-4H3. The van der Waals surface area contributed by atoms with Crippen LogP contribution in [0.5, 0.6) is 5.75 Å². The summed E-state index contributed by atoms with van der Waals surface area (Å²) >= 11 is 1.52. The number of hydrogen-bond acceptors (Lipinski definition) is 8. The molecule has 0 saturated carbocycles. The molecular formula is C23H26N6O2S. The average molecular weight is 451 g/mol. The van der Waals surface area contributed by atoms with Crippen molar-refractivity contribution in [3.8, 4) is 11.4 Å². The maximum absolute atomic E-state index is 5.82. The molecule has 0 saturated heterocycles. The molecule has 0 aliphatic rings. The predicted octanol–water partition coefficient (Wildman–Crippen LogP) is 4.86. The van der Waals surface area contributed by atoms with E-state index in [-0.39, 0.29) is 5.41 Å². The topological polar surface area (TPSA) is 90.9 Å². The van der Waals surface area contributed by atoms with E-state index in [1.165, 1.54) is 11.8 Å². The van der Waals surface area contributed by atoms with Crippen molar-refractivity contribution in [1.82, 2.24) is 25.0 Å². The molecule has 32 heavy (non-hydrogen) atoms. The summed E-state index contributed by atoms with van der Waals surface area (Å²) in [5.74, 6) is 3.33. The van der Waals surface area contributed by atoms with Crippen molar-refractivity contribution in [2.45, 2.75) is 43.6 Å². The number of benzene rings is 2. The highest BCUT2D eigenvalue weighted by Crippen LogP contribution is 2.27. The van der Waals surface area contributed by atoms with Gasteiger partial charge in [0.05, 0.1) is 19.4 Å². The Hall–Kier alpha value is -3.33. The number of anilines is 1. The van der Waals surface area contributed by atoms with E-state index in [9.17, 15) is 0 Å². The third-order valence-electron chi connectivity index (χ3n) is 4.69. The molecule has 0 radical (unpaired) electrons. The summed E-state index contributed by atoms with van der Waals surface area (Å²) in [6, 6.07) is 17.8. The Bertz CT molecular complexity index is 1150. The van der Waals surface area contributed by atoms with Gasteiger partial charge in [0, 0.05) is 16.8 Å². The first kappa shape index (κ1) is 21.9. The smallest absolute Gasteiger partial charge is 0.226 e. The molecule has 2 heterocycles. The van der Waals surface area contributed by atoms with Gasteiger partial charge in [-0.3, -0.25) is 4.57 Å². The third-order valence-corrected chi connectivity index (χ3v) is 5.60. The Kier molecular flexibility index (Phi) is 6.45. The number of nitrogens with one attached hydrogen (secondary N) is 1. The third kappa shape index (κ3) is 5.11. The lowest BCUT2D eigenvalue weighted by Gasteiger charge is -2.12. The van der Waals surface area contributed by atoms with E-state index in [0.29, 0.717) is 24.1 Å². The van der Waals surface area contributed by atoms with Crippen LogP contribution in [0, 0.1) is 0 Å². The number of para-hydroxylation sites is 1. The Morgan fingerprint density at radius 2 is 1.72 bits per heavy atom. The van der Waals surface area contributed by atoms with Gasteiger partial charge in [-0.1, -0.05) is 50.7 Å². The maximum atomic E-state index is 5.82. The van der Waals surface area contributed by atoms with Crippen LogP contribution in [-0.4, -0.2) is 32.1 Å². The van der Waals surface area contributed by atoms with Crippen molar-refractivity contribution in [3.05, 3.63) is 72.2 Å². The minimum Gasteiger partial charge on any atom is -0.497 e. The normalized spacial score (nSPS) is 11.5. The molecule has 2 aromatic carbocycles. The summed E-state index contributed by atoms with van der Waals surface area (Å²) in [6.07, 6.45) is 0. The van der Waals surface area contributed by atoms with Gasteiger partial charge in [0.25, 0.3) is 0 Å². The SMILES string of the molecule is COc1ccc(NCc2nnc(SCc3nnc(C(C)(C)C)o3)n2-c2ccccc2)cc1. The van der Waals surface area contributed by atoms with E-state index in [1.807, 2.05) is 79.9 Å². The van der Waals surface area contributed by atoms with Gasteiger partial charge in [0.15, 0.2) is 11.0 Å². The van der Waals surface area contributed by atoms with Gasteiger partial charge in [-0.15, -0.1) is 20.4 Å². The molecule has 0 unspecified atom stereocenters. The van der Waals surface area contributed by atoms with Crippen LogP contribution in [0.3, 0.4) is 0 Å². The number of hydrogen-bond donors (Lipinski definition) is 1. The number of methoxy groups -OCH3 is 1.